The van der Waals surface area contributed by atoms with Crippen LogP contribution in [-0.4, -0.2) is 29.0 Å². The van der Waals surface area contributed by atoms with Crippen molar-refractivity contribution in [2.45, 2.75) is 44.4 Å². The van der Waals surface area contributed by atoms with Crippen molar-refractivity contribution in [2.24, 2.45) is 7.05 Å². The molecule has 90 valence electrons. The number of nitrogens with one attached hydrogen (secondary N) is 1. The molecule has 1 aromatic heterocycles. The Kier molecular flexibility index (Phi) is 3.96. The van der Waals surface area contributed by atoms with Gasteiger partial charge in [-0.25, -0.2) is 0 Å². The van der Waals surface area contributed by atoms with Crippen molar-refractivity contribution >= 4 is 0 Å². The highest BCUT2D eigenvalue weighted by Crippen LogP contribution is 2.20. The highest BCUT2D eigenvalue weighted by atomic mass is 16.5. The predicted octanol–water partition coefficient (Wildman–Crippen LogP) is 1.47. The smallest absolute Gasteiger partial charge is 0.0762 e. The minimum atomic E-state index is 0.440. The van der Waals surface area contributed by atoms with Gasteiger partial charge in [0.25, 0.3) is 0 Å². The molecular weight excluding hydrogens is 202 g/mol. The topological polar surface area (TPSA) is 39.1 Å². The van der Waals surface area contributed by atoms with Crippen LogP contribution in [0.25, 0.3) is 0 Å². The van der Waals surface area contributed by atoms with E-state index in [0.717, 1.165) is 18.7 Å². The molecule has 1 aliphatic carbocycles. The van der Waals surface area contributed by atoms with Crippen LogP contribution in [0.4, 0.5) is 0 Å². The summed E-state index contributed by atoms with van der Waals surface area (Å²) < 4.78 is 7.26. The van der Waals surface area contributed by atoms with Gasteiger partial charge in [0.1, 0.15) is 0 Å². The average Bonchev–Trinajstić information content (AvgIpc) is 2.73. The molecule has 4 nitrogen and oxygen atoms in total. The van der Waals surface area contributed by atoms with Crippen molar-refractivity contribution < 1.29 is 4.74 Å². The van der Waals surface area contributed by atoms with Crippen molar-refractivity contribution in [1.82, 2.24) is 15.1 Å². The van der Waals surface area contributed by atoms with Gasteiger partial charge < -0.3 is 10.1 Å². The van der Waals surface area contributed by atoms with E-state index in [4.69, 9.17) is 4.74 Å². The van der Waals surface area contributed by atoms with Crippen LogP contribution >= 0.6 is 0 Å². The number of ether oxygens (including phenoxy) is 1. The second-order valence-corrected chi connectivity index (χ2v) is 4.58. The molecule has 0 saturated heterocycles. The van der Waals surface area contributed by atoms with E-state index >= 15 is 0 Å². The van der Waals surface area contributed by atoms with Gasteiger partial charge in [-0.2, -0.15) is 5.10 Å². The molecule has 1 fully saturated rings. The van der Waals surface area contributed by atoms with Crippen molar-refractivity contribution in [2.75, 3.05) is 7.11 Å². The fourth-order valence-corrected chi connectivity index (χ4v) is 2.35. The number of aryl methyl sites for hydroxylation is 1. The molecule has 0 amide bonds. The van der Waals surface area contributed by atoms with Crippen LogP contribution in [0.15, 0.2) is 12.3 Å². The van der Waals surface area contributed by atoms with Gasteiger partial charge in [0.2, 0.25) is 0 Å². The fourth-order valence-electron chi connectivity index (χ4n) is 2.35. The highest BCUT2D eigenvalue weighted by Gasteiger charge is 2.21. The molecule has 1 saturated carbocycles. The van der Waals surface area contributed by atoms with Gasteiger partial charge >= 0.3 is 0 Å². The third-order valence-corrected chi connectivity index (χ3v) is 3.30. The van der Waals surface area contributed by atoms with Gasteiger partial charge in [0, 0.05) is 32.9 Å². The van der Waals surface area contributed by atoms with Gasteiger partial charge in [-0.3, -0.25) is 4.68 Å². The summed E-state index contributed by atoms with van der Waals surface area (Å²) in [7, 11) is 3.76. The van der Waals surface area contributed by atoms with Crippen molar-refractivity contribution in [3.05, 3.63) is 18.0 Å². The predicted molar refractivity (Wildman–Crippen MR) is 63.1 cm³/mol. The van der Waals surface area contributed by atoms with Gasteiger partial charge in [0.15, 0.2) is 0 Å². The van der Waals surface area contributed by atoms with E-state index in [1.54, 1.807) is 0 Å². The fraction of sp³-hybridized carbons (Fsp3) is 0.750. The van der Waals surface area contributed by atoms with E-state index in [1.807, 2.05) is 25.0 Å². The average molecular weight is 223 g/mol. The summed E-state index contributed by atoms with van der Waals surface area (Å²) in [5.74, 6) is 0. The third-order valence-electron chi connectivity index (χ3n) is 3.30. The Morgan fingerprint density at radius 2 is 2.44 bits per heavy atom. The first-order valence-corrected chi connectivity index (χ1v) is 6.02. The highest BCUT2D eigenvalue weighted by molar-refractivity contribution is 4.98. The molecule has 2 rings (SSSR count). The maximum atomic E-state index is 5.42. The molecule has 0 radical (unpaired) electrons. The molecular formula is C12H21N3O. The summed E-state index contributed by atoms with van der Waals surface area (Å²) in [5, 5.41) is 7.92. The lowest BCUT2D eigenvalue weighted by atomic mass is 9.93. The van der Waals surface area contributed by atoms with Crippen LogP contribution < -0.4 is 5.32 Å². The van der Waals surface area contributed by atoms with Crippen LogP contribution in [0, 0.1) is 0 Å². The Labute approximate surface area is 97.0 Å². The number of hydrogen-bond donors (Lipinski definition) is 1. The van der Waals surface area contributed by atoms with E-state index in [2.05, 4.69) is 16.5 Å². The van der Waals surface area contributed by atoms with Gasteiger partial charge in [-0.15, -0.1) is 0 Å². The number of aromatic nitrogens is 2. The molecule has 2 unspecified atom stereocenters. The normalized spacial score (nSPS) is 25.9. The van der Waals surface area contributed by atoms with Gasteiger partial charge in [0.05, 0.1) is 11.8 Å². The molecule has 0 aromatic carbocycles. The Bertz CT molecular complexity index is 324. The first-order chi connectivity index (χ1) is 7.78. The van der Waals surface area contributed by atoms with Gasteiger partial charge in [-0.1, -0.05) is 0 Å². The minimum Gasteiger partial charge on any atom is -0.381 e. The van der Waals surface area contributed by atoms with Crippen molar-refractivity contribution in [3.63, 3.8) is 0 Å². The summed E-state index contributed by atoms with van der Waals surface area (Å²) in [6, 6.07) is 2.64. The Hall–Kier alpha value is -0.870. The van der Waals surface area contributed by atoms with Gasteiger partial charge in [-0.05, 0) is 31.7 Å². The second-order valence-electron chi connectivity index (χ2n) is 4.58. The number of methoxy groups -OCH3 is 1. The van der Waals surface area contributed by atoms with Crippen molar-refractivity contribution in [1.29, 1.82) is 0 Å². The summed E-state index contributed by atoms with van der Waals surface area (Å²) in [6.45, 7) is 0.863. The zero-order valence-electron chi connectivity index (χ0n) is 10.1. The lowest BCUT2D eigenvalue weighted by Gasteiger charge is -2.28. The number of rotatable bonds is 4. The molecule has 2 atom stereocenters. The van der Waals surface area contributed by atoms with Crippen LogP contribution in [-0.2, 0) is 18.3 Å². The maximum absolute atomic E-state index is 5.42. The summed E-state index contributed by atoms with van der Waals surface area (Å²) in [6.07, 6.45) is 7.28. The lowest BCUT2D eigenvalue weighted by Crippen LogP contribution is -2.36. The molecule has 1 aliphatic rings. The van der Waals surface area contributed by atoms with Crippen LogP contribution in [0.3, 0.4) is 0 Å². The zero-order valence-corrected chi connectivity index (χ0v) is 10.1. The Balaban J connectivity index is 1.77. The Morgan fingerprint density at radius 1 is 1.56 bits per heavy atom. The molecule has 4 heteroatoms. The van der Waals surface area contributed by atoms with Crippen LogP contribution in [0.5, 0.6) is 0 Å². The third kappa shape index (κ3) is 3.06. The molecule has 1 N–H and O–H groups in total. The molecule has 0 bridgehead atoms. The standard InChI is InChI=1S/C12H21N3O/c1-15-7-6-11(14-15)9-13-10-4-3-5-12(8-10)16-2/h6-7,10,12-13H,3-5,8-9H2,1-2H3. The monoisotopic (exact) mass is 223 g/mol. The first-order valence-electron chi connectivity index (χ1n) is 6.02. The van der Waals surface area contributed by atoms with E-state index in [-0.39, 0.29) is 0 Å². The van der Waals surface area contributed by atoms with E-state index < -0.39 is 0 Å². The quantitative estimate of drug-likeness (QED) is 0.840. The summed E-state index contributed by atoms with van der Waals surface area (Å²) >= 11 is 0. The van der Waals surface area contributed by atoms with E-state index in [9.17, 15) is 0 Å². The second kappa shape index (κ2) is 5.46. The molecule has 1 aromatic rings. The van der Waals surface area contributed by atoms with Crippen LogP contribution in [0.2, 0.25) is 0 Å². The minimum absolute atomic E-state index is 0.440. The van der Waals surface area contributed by atoms with E-state index in [1.165, 1.54) is 19.3 Å². The first kappa shape index (κ1) is 11.6. The summed E-state index contributed by atoms with van der Waals surface area (Å²) in [4.78, 5) is 0. The number of hydrogen-bond acceptors (Lipinski definition) is 3. The molecule has 0 aliphatic heterocycles. The summed E-state index contributed by atoms with van der Waals surface area (Å²) in [5.41, 5.74) is 1.11. The molecule has 1 heterocycles. The Morgan fingerprint density at radius 3 is 3.12 bits per heavy atom. The lowest BCUT2D eigenvalue weighted by molar-refractivity contribution is 0.0585. The maximum Gasteiger partial charge on any atom is 0.0762 e. The molecule has 16 heavy (non-hydrogen) atoms. The largest absolute Gasteiger partial charge is 0.381 e. The van der Waals surface area contributed by atoms with Crippen LogP contribution in [0.1, 0.15) is 31.4 Å². The van der Waals surface area contributed by atoms with E-state index in [0.29, 0.717) is 12.1 Å². The molecule has 0 spiro atoms. The number of nitrogens with zero attached hydrogens (tertiary/aromatic N) is 2. The SMILES string of the molecule is COC1CCCC(NCc2ccn(C)n2)C1. The van der Waals surface area contributed by atoms with Crippen molar-refractivity contribution in [3.8, 4) is 0 Å². The zero-order chi connectivity index (χ0) is 11.4.